The topological polar surface area (TPSA) is 26.3 Å². The minimum Gasteiger partial charge on any atom is -0.460 e. The average molecular weight is 304 g/mol. The third-order valence-electron chi connectivity index (χ3n) is 4.64. The molecule has 0 saturated heterocycles. The van der Waals surface area contributed by atoms with E-state index in [0.717, 1.165) is 30.3 Å². The van der Waals surface area contributed by atoms with Crippen LogP contribution in [0.2, 0.25) is 0 Å². The zero-order valence-electron chi connectivity index (χ0n) is 15.1. The van der Waals surface area contributed by atoms with Gasteiger partial charge in [0, 0.05) is 6.08 Å². The molecule has 1 fully saturated rings. The Bertz CT molecular complexity index is 466. The van der Waals surface area contributed by atoms with Crippen LogP contribution in [0.1, 0.15) is 60.8 Å². The van der Waals surface area contributed by atoms with Gasteiger partial charge in [-0.2, -0.15) is 0 Å². The SMILES string of the molecule is C=C(C)CC[C@H]1[C@@H](C/C=C/C(C)=C\C(=O)OC(C)C)C1(C)C. The quantitative estimate of drug-likeness (QED) is 0.258. The minimum atomic E-state index is -0.261. The summed E-state index contributed by atoms with van der Waals surface area (Å²) in [4.78, 5) is 11.5. The molecule has 0 aliphatic heterocycles. The van der Waals surface area contributed by atoms with Crippen molar-refractivity contribution in [1.82, 2.24) is 0 Å². The Balaban J connectivity index is 2.44. The monoisotopic (exact) mass is 304 g/mol. The van der Waals surface area contributed by atoms with Crippen LogP contribution in [0.25, 0.3) is 0 Å². The summed E-state index contributed by atoms with van der Waals surface area (Å²) >= 11 is 0. The lowest BCUT2D eigenvalue weighted by Gasteiger charge is -2.04. The predicted octanol–water partition coefficient (Wildman–Crippen LogP) is 5.46. The van der Waals surface area contributed by atoms with Gasteiger partial charge in [-0.05, 0) is 69.8 Å². The van der Waals surface area contributed by atoms with E-state index in [4.69, 9.17) is 4.74 Å². The summed E-state index contributed by atoms with van der Waals surface area (Å²) < 4.78 is 5.11. The van der Waals surface area contributed by atoms with Crippen LogP contribution in [0.5, 0.6) is 0 Å². The average Bonchev–Trinajstić information content (AvgIpc) is 2.86. The van der Waals surface area contributed by atoms with Gasteiger partial charge in [0.15, 0.2) is 0 Å². The zero-order valence-corrected chi connectivity index (χ0v) is 15.1. The Morgan fingerprint density at radius 3 is 2.45 bits per heavy atom. The second-order valence-corrected chi connectivity index (χ2v) is 7.54. The fourth-order valence-corrected chi connectivity index (χ4v) is 3.20. The Hall–Kier alpha value is -1.31. The highest BCUT2D eigenvalue weighted by Gasteiger charge is 2.55. The first-order valence-electron chi connectivity index (χ1n) is 8.34. The molecule has 1 saturated carbocycles. The van der Waals surface area contributed by atoms with E-state index in [0.29, 0.717) is 5.41 Å². The summed E-state index contributed by atoms with van der Waals surface area (Å²) in [6.45, 7) is 16.5. The van der Waals surface area contributed by atoms with E-state index in [1.54, 1.807) is 6.08 Å². The maximum Gasteiger partial charge on any atom is 0.331 e. The fourth-order valence-electron chi connectivity index (χ4n) is 3.20. The van der Waals surface area contributed by atoms with Gasteiger partial charge in [0.1, 0.15) is 0 Å². The molecule has 0 unspecified atom stereocenters. The highest BCUT2D eigenvalue weighted by Crippen LogP contribution is 2.62. The number of hydrogen-bond donors (Lipinski definition) is 0. The van der Waals surface area contributed by atoms with Crippen LogP contribution in [0, 0.1) is 17.3 Å². The molecule has 0 aromatic carbocycles. The molecule has 0 bridgehead atoms. The van der Waals surface area contributed by atoms with Crippen LogP contribution in [0.15, 0.2) is 36.0 Å². The molecule has 2 atom stereocenters. The summed E-state index contributed by atoms with van der Waals surface area (Å²) in [7, 11) is 0. The number of allylic oxidation sites excluding steroid dienone is 4. The van der Waals surface area contributed by atoms with Gasteiger partial charge in [-0.25, -0.2) is 4.79 Å². The normalized spacial score (nSPS) is 23.9. The van der Waals surface area contributed by atoms with Gasteiger partial charge < -0.3 is 4.74 Å². The number of ether oxygens (including phenoxy) is 1. The zero-order chi connectivity index (χ0) is 16.9. The van der Waals surface area contributed by atoms with Crippen molar-refractivity contribution in [3.63, 3.8) is 0 Å². The van der Waals surface area contributed by atoms with E-state index in [-0.39, 0.29) is 12.1 Å². The van der Waals surface area contributed by atoms with Crippen molar-refractivity contribution < 1.29 is 9.53 Å². The summed E-state index contributed by atoms with van der Waals surface area (Å²) in [5.74, 6) is 1.28. The molecule has 0 spiro atoms. The molecule has 1 aliphatic carbocycles. The molecule has 0 aromatic heterocycles. The van der Waals surface area contributed by atoms with E-state index in [9.17, 15) is 4.79 Å². The molecule has 124 valence electrons. The third-order valence-corrected chi connectivity index (χ3v) is 4.64. The van der Waals surface area contributed by atoms with Crippen LogP contribution in [-0.4, -0.2) is 12.1 Å². The lowest BCUT2D eigenvalue weighted by atomic mass is 10.0. The molecule has 0 radical (unpaired) electrons. The molecule has 22 heavy (non-hydrogen) atoms. The van der Waals surface area contributed by atoms with E-state index in [1.807, 2.05) is 26.8 Å². The van der Waals surface area contributed by atoms with Gasteiger partial charge >= 0.3 is 5.97 Å². The van der Waals surface area contributed by atoms with E-state index < -0.39 is 0 Å². The Morgan fingerprint density at radius 2 is 1.91 bits per heavy atom. The minimum absolute atomic E-state index is 0.0677. The maximum absolute atomic E-state index is 11.5. The fraction of sp³-hybridized carbons (Fsp3) is 0.650. The first-order valence-corrected chi connectivity index (χ1v) is 8.34. The van der Waals surface area contributed by atoms with E-state index in [1.165, 1.54) is 12.0 Å². The van der Waals surface area contributed by atoms with Crippen molar-refractivity contribution in [2.45, 2.75) is 66.9 Å². The smallest absolute Gasteiger partial charge is 0.331 e. The molecular weight excluding hydrogens is 272 g/mol. The molecule has 0 heterocycles. The first kappa shape index (κ1) is 18.7. The molecular formula is C20H32O2. The van der Waals surface area contributed by atoms with Crippen molar-refractivity contribution in [2.75, 3.05) is 0 Å². The van der Waals surface area contributed by atoms with E-state index in [2.05, 4.69) is 33.4 Å². The highest BCUT2D eigenvalue weighted by molar-refractivity contribution is 5.83. The second kappa shape index (κ2) is 7.80. The highest BCUT2D eigenvalue weighted by atomic mass is 16.5. The van der Waals surface area contributed by atoms with Crippen molar-refractivity contribution >= 4 is 5.97 Å². The lowest BCUT2D eigenvalue weighted by molar-refractivity contribution is -0.141. The molecule has 0 N–H and O–H groups in total. The van der Waals surface area contributed by atoms with Crippen LogP contribution in [-0.2, 0) is 9.53 Å². The summed E-state index contributed by atoms with van der Waals surface area (Å²) in [5, 5.41) is 0. The maximum atomic E-state index is 11.5. The summed E-state index contributed by atoms with van der Waals surface area (Å²) in [6, 6.07) is 0. The molecule has 0 amide bonds. The predicted molar refractivity (Wildman–Crippen MR) is 93.6 cm³/mol. The van der Waals surface area contributed by atoms with Crippen molar-refractivity contribution in [3.8, 4) is 0 Å². The molecule has 1 aliphatic rings. The van der Waals surface area contributed by atoms with Crippen molar-refractivity contribution in [1.29, 1.82) is 0 Å². The number of carbonyl (C=O) groups excluding carboxylic acids is 1. The Morgan fingerprint density at radius 1 is 1.27 bits per heavy atom. The molecule has 2 heteroatoms. The van der Waals surface area contributed by atoms with Crippen LogP contribution >= 0.6 is 0 Å². The van der Waals surface area contributed by atoms with E-state index >= 15 is 0 Å². The van der Waals surface area contributed by atoms with Gasteiger partial charge in [-0.3, -0.25) is 0 Å². The van der Waals surface area contributed by atoms with Gasteiger partial charge in [0.05, 0.1) is 6.10 Å². The summed E-state index contributed by atoms with van der Waals surface area (Å²) in [6.07, 6.45) is 9.19. The lowest BCUT2D eigenvalue weighted by Crippen LogP contribution is -2.08. The second-order valence-electron chi connectivity index (χ2n) is 7.54. The number of esters is 1. The van der Waals surface area contributed by atoms with Gasteiger partial charge in [0.2, 0.25) is 0 Å². The van der Waals surface area contributed by atoms with Gasteiger partial charge in [-0.15, -0.1) is 6.58 Å². The largest absolute Gasteiger partial charge is 0.460 e. The van der Waals surface area contributed by atoms with Crippen molar-refractivity contribution in [3.05, 3.63) is 36.0 Å². The first-order chi connectivity index (χ1) is 10.1. The van der Waals surface area contributed by atoms with Crippen LogP contribution in [0.3, 0.4) is 0 Å². The number of carbonyl (C=O) groups is 1. The van der Waals surface area contributed by atoms with Crippen LogP contribution in [0.4, 0.5) is 0 Å². The standard InChI is InChI=1S/C20H32O2/c1-14(2)11-12-18-17(20(18,6)7)10-8-9-16(5)13-19(21)22-15(3)4/h8-9,13,15,17-18H,1,10-12H2,2-7H3/b9-8+,16-13-/t17-,18+/m1/s1. The molecule has 1 rings (SSSR count). The van der Waals surface area contributed by atoms with Gasteiger partial charge in [-0.1, -0.05) is 31.6 Å². The number of hydrogen-bond acceptors (Lipinski definition) is 2. The molecule has 2 nitrogen and oxygen atoms in total. The number of rotatable bonds is 8. The third kappa shape index (κ3) is 5.82. The summed E-state index contributed by atoms with van der Waals surface area (Å²) in [5.41, 5.74) is 2.66. The van der Waals surface area contributed by atoms with Crippen LogP contribution < -0.4 is 0 Å². The Labute approximate surface area is 136 Å². The van der Waals surface area contributed by atoms with Crippen molar-refractivity contribution in [2.24, 2.45) is 17.3 Å². The molecule has 0 aromatic rings. The van der Waals surface area contributed by atoms with Gasteiger partial charge in [0.25, 0.3) is 0 Å². The Kier molecular flexibility index (Phi) is 6.65.